The Kier molecular flexibility index (Phi) is 9.52. The highest BCUT2D eigenvalue weighted by molar-refractivity contribution is 14.1. The number of hydrogen-bond acceptors (Lipinski definition) is 0. The van der Waals surface area contributed by atoms with Crippen LogP contribution in [0.2, 0.25) is 0 Å². The van der Waals surface area contributed by atoms with Crippen LogP contribution in [0.25, 0.3) is 11.1 Å². The van der Waals surface area contributed by atoms with Gasteiger partial charge in [-0.05, 0) is 93.8 Å². The lowest BCUT2D eigenvalue weighted by atomic mass is 9.65. The van der Waals surface area contributed by atoms with Crippen molar-refractivity contribution in [2.24, 2.45) is 11.8 Å². The van der Waals surface area contributed by atoms with E-state index in [1.807, 2.05) is 0 Å². The zero-order chi connectivity index (χ0) is 22.4. The van der Waals surface area contributed by atoms with Crippen LogP contribution >= 0.6 is 38.5 Å². The molecule has 0 aromatic heterocycles. The summed E-state index contributed by atoms with van der Waals surface area (Å²) in [5, 5.41) is 0. The molecule has 0 bridgehead atoms. The average molecular weight is 595 g/mol. The molecule has 1 aliphatic rings. The summed E-state index contributed by atoms with van der Waals surface area (Å²) in [5.74, 6) is 1.58. The number of rotatable bonds is 12. The maximum Gasteiger partial charge on any atom is 0.0221 e. The molecule has 0 saturated carbocycles. The molecule has 3 rings (SSSR count). The summed E-state index contributed by atoms with van der Waals surface area (Å²) in [7, 11) is 0. The molecule has 1 aliphatic carbocycles. The van der Waals surface area contributed by atoms with Gasteiger partial charge in [0.1, 0.15) is 0 Å². The van der Waals surface area contributed by atoms with Gasteiger partial charge >= 0.3 is 0 Å². The van der Waals surface area contributed by atoms with Crippen molar-refractivity contribution in [1.82, 2.24) is 0 Å². The lowest BCUT2D eigenvalue weighted by molar-refractivity contribution is 0.266. The Morgan fingerprint density at radius 1 is 0.774 bits per heavy atom. The van der Waals surface area contributed by atoms with E-state index in [9.17, 15) is 0 Å². The molecule has 0 nitrogen and oxygen atoms in total. The summed E-state index contributed by atoms with van der Waals surface area (Å²) in [5.41, 5.74) is 6.31. The van der Waals surface area contributed by atoms with Gasteiger partial charge in [0.15, 0.2) is 0 Å². The van der Waals surface area contributed by atoms with E-state index in [0.29, 0.717) is 0 Å². The minimum atomic E-state index is 0.151. The van der Waals surface area contributed by atoms with Gasteiger partial charge in [0.25, 0.3) is 0 Å². The molecule has 2 aromatic rings. The summed E-state index contributed by atoms with van der Waals surface area (Å²) in [4.78, 5) is 0. The molecule has 0 N–H and O–H groups in total. The SMILES string of the molecule is CCCCC(CC)CC1(CC(CC)CCCC)c2cc(Br)ccc2-c2ccc(I)cc21. The Morgan fingerprint density at radius 3 is 1.81 bits per heavy atom. The Bertz CT molecular complexity index is 784. The van der Waals surface area contributed by atoms with Crippen LogP contribution in [-0.2, 0) is 5.41 Å². The van der Waals surface area contributed by atoms with Gasteiger partial charge in [0.2, 0.25) is 0 Å². The van der Waals surface area contributed by atoms with E-state index in [2.05, 4.69) is 103 Å². The first-order valence-electron chi connectivity index (χ1n) is 12.6. The van der Waals surface area contributed by atoms with E-state index in [4.69, 9.17) is 0 Å². The molecular formula is C29H40BrI. The van der Waals surface area contributed by atoms with Gasteiger partial charge in [-0.2, -0.15) is 0 Å². The molecule has 0 amide bonds. The van der Waals surface area contributed by atoms with Gasteiger partial charge in [0, 0.05) is 13.5 Å². The fraction of sp³-hybridized carbons (Fsp3) is 0.586. The zero-order valence-corrected chi connectivity index (χ0v) is 23.7. The Labute approximate surface area is 213 Å². The third kappa shape index (κ3) is 5.60. The molecular weight excluding hydrogens is 555 g/mol. The van der Waals surface area contributed by atoms with E-state index in [0.717, 1.165) is 11.8 Å². The van der Waals surface area contributed by atoms with E-state index in [-0.39, 0.29) is 5.41 Å². The van der Waals surface area contributed by atoms with Crippen molar-refractivity contribution in [3.63, 3.8) is 0 Å². The number of fused-ring (bicyclic) bond motifs is 3. The van der Waals surface area contributed by atoms with Crippen molar-refractivity contribution in [2.45, 2.75) is 97.3 Å². The topological polar surface area (TPSA) is 0 Å². The summed E-state index contributed by atoms with van der Waals surface area (Å²) in [6, 6.07) is 14.3. The lowest BCUT2D eigenvalue weighted by Crippen LogP contribution is -2.31. The van der Waals surface area contributed by atoms with Gasteiger partial charge in [0.05, 0.1) is 0 Å². The molecule has 2 unspecified atom stereocenters. The number of unbranched alkanes of at least 4 members (excludes halogenated alkanes) is 2. The van der Waals surface area contributed by atoms with Crippen molar-refractivity contribution in [1.29, 1.82) is 0 Å². The molecule has 0 radical (unpaired) electrons. The quantitative estimate of drug-likeness (QED) is 0.214. The fourth-order valence-corrected chi connectivity index (χ4v) is 6.69. The highest BCUT2D eigenvalue weighted by atomic mass is 127. The first-order valence-corrected chi connectivity index (χ1v) is 14.5. The van der Waals surface area contributed by atoms with Crippen LogP contribution in [0.1, 0.15) is 103 Å². The molecule has 2 aromatic carbocycles. The van der Waals surface area contributed by atoms with Crippen molar-refractivity contribution in [3.05, 3.63) is 55.6 Å². The third-order valence-electron chi connectivity index (χ3n) is 7.65. The number of halogens is 2. The highest BCUT2D eigenvalue weighted by Crippen LogP contribution is 2.56. The first kappa shape index (κ1) is 25.3. The Hall–Kier alpha value is -0.350. The number of hydrogen-bond donors (Lipinski definition) is 0. The molecule has 0 aliphatic heterocycles. The molecule has 2 atom stereocenters. The van der Waals surface area contributed by atoms with E-state index >= 15 is 0 Å². The second-order valence-electron chi connectivity index (χ2n) is 9.70. The largest absolute Gasteiger partial charge is 0.0654 e. The van der Waals surface area contributed by atoms with E-state index in [1.165, 1.54) is 83.4 Å². The van der Waals surface area contributed by atoms with Gasteiger partial charge in [-0.3, -0.25) is 0 Å². The molecule has 170 valence electrons. The zero-order valence-electron chi connectivity index (χ0n) is 19.9. The van der Waals surface area contributed by atoms with Crippen LogP contribution in [0.4, 0.5) is 0 Å². The highest BCUT2D eigenvalue weighted by Gasteiger charge is 2.45. The molecule has 0 fully saturated rings. The van der Waals surface area contributed by atoms with Crippen LogP contribution in [0.5, 0.6) is 0 Å². The molecule has 2 heteroatoms. The maximum absolute atomic E-state index is 3.82. The van der Waals surface area contributed by atoms with Gasteiger partial charge < -0.3 is 0 Å². The Balaban J connectivity index is 2.16. The number of benzene rings is 2. The second kappa shape index (κ2) is 11.7. The lowest BCUT2D eigenvalue weighted by Gasteiger charge is -2.38. The van der Waals surface area contributed by atoms with Crippen molar-refractivity contribution < 1.29 is 0 Å². The van der Waals surface area contributed by atoms with E-state index < -0.39 is 0 Å². The summed E-state index contributed by atoms with van der Waals surface area (Å²) < 4.78 is 2.59. The van der Waals surface area contributed by atoms with Crippen LogP contribution < -0.4 is 0 Å². The second-order valence-corrected chi connectivity index (χ2v) is 11.9. The smallest absolute Gasteiger partial charge is 0.0221 e. The van der Waals surface area contributed by atoms with Crippen molar-refractivity contribution in [2.75, 3.05) is 0 Å². The van der Waals surface area contributed by atoms with Gasteiger partial charge in [-0.25, -0.2) is 0 Å². The Morgan fingerprint density at radius 2 is 1.29 bits per heavy atom. The van der Waals surface area contributed by atoms with Crippen LogP contribution in [0.15, 0.2) is 40.9 Å². The fourth-order valence-electron chi connectivity index (χ4n) is 5.84. The molecule has 0 spiro atoms. The summed E-state index contributed by atoms with van der Waals surface area (Å²) in [6.45, 7) is 9.49. The standard InChI is InChI=1S/C29H40BrI/c1-5-9-11-21(7-3)19-29(20-22(8-4)12-10-6-2)27-17-23(30)13-15-25(27)26-16-14-24(31)18-28(26)29/h13-18,21-22H,5-12,19-20H2,1-4H3. The monoisotopic (exact) mass is 594 g/mol. The normalized spacial score (nSPS) is 19.2. The average Bonchev–Trinajstić information content (AvgIpc) is 3.02. The van der Waals surface area contributed by atoms with Crippen molar-refractivity contribution in [3.8, 4) is 11.1 Å². The maximum atomic E-state index is 3.82. The minimum absolute atomic E-state index is 0.151. The predicted molar refractivity (Wildman–Crippen MR) is 149 cm³/mol. The first-order chi connectivity index (χ1) is 15.0. The molecule has 0 heterocycles. The van der Waals surface area contributed by atoms with Crippen LogP contribution in [0, 0.1) is 15.4 Å². The molecule has 31 heavy (non-hydrogen) atoms. The summed E-state index contributed by atoms with van der Waals surface area (Å²) >= 11 is 6.34. The molecule has 0 saturated heterocycles. The van der Waals surface area contributed by atoms with Crippen LogP contribution in [0.3, 0.4) is 0 Å². The third-order valence-corrected chi connectivity index (χ3v) is 8.81. The van der Waals surface area contributed by atoms with Crippen molar-refractivity contribution >= 4 is 38.5 Å². The van der Waals surface area contributed by atoms with E-state index in [1.54, 1.807) is 11.1 Å². The van der Waals surface area contributed by atoms with Crippen LogP contribution in [-0.4, -0.2) is 0 Å². The summed E-state index contributed by atoms with van der Waals surface area (Å²) in [6.07, 6.45) is 13.2. The minimum Gasteiger partial charge on any atom is -0.0654 e. The van der Waals surface area contributed by atoms with Gasteiger partial charge in [-0.1, -0.05) is 107 Å². The predicted octanol–water partition coefficient (Wildman–Crippen LogP) is 10.5. The van der Waals surface area contributed by atoms with Gasteiger partial charge in [-0.15, -0.1) is 0 Å².